The second-order valence-corrected chi connectivity index (χ2v) is 4.64. The molecule has 1 aliphatic rings. The molecule has 0 spiro atoms. The molecule has 0 aliphatic carbocycles. The molecule has 0 bridgehead atoms. The zero-order chi connectivity index (χ0) is 11.5. The fraction of sp³-hybridized carbons (Fsp3) is 0.667. The molecule has 1 aromatic heterocycles. The van der Waals surface area contributed by atoms with Crippen molar-refractivity contribution in [1.29, 1.82) is 0 Å². The molecule has 0 amide bonds. The molecule has 1 aliphatic heterocycles. The van der Waals surface area contributed by atoms with Crippen LogP contribution < -0.4 is 0 Å². The minimum atomic E-state index is 0.586. The average molecular weight is 221 g/mol. The zero-order valence-corrected chi connectivity index (χ0v) is 10.0. The molecule has 1 fully saturated rings. The van der Waals surface area contributed by atoms with Gasteiger partial charge < -0.3 is 4.90 Å². The van der Waals surface area contributed by atoms with Gasteiger partial charge in [-0.1, -0.05) is 6.42 Å². The van der Waals surface area contributed by atoms with Gasteiger partial charge in [0.25, 0.3) is 0 Å². The summed E-state index contributed by atoms with van der Waals surface area (Å²) in [6, 6.07) is 2.48. The van der Waals surface area contributed by atoms with Crippen LogP contribution in [0.25, 0.3) is 0 Å². The number of aldehydes is 1. The van der Waals surface area contributed by atoms with E-state index in [1.165, 1.54) is 25.8 Å². The highest BCUT2D eigenvalue weighted by Crippen LogP contribution is 2.18. The Morgan fingerprint density at radius 2 is 2.31 bits per heavy atom. The van der Waals surface area contributed by atoms with Crippen molar-refractivity contribution in [3.63, 3.8) is 0 Å². The topological polar surface area (TPSA) is 38.1 Å². The highest BCUT2D eigenvalue weighted by Gasteiger charge is 2.20. The number of likely N-dealkylation sites (tertiary alicyclic amines) is 1. The third kappa shape index (κ3) is 2.32. The number of rotatable bonds is 3. The molecule has 0 radical (unpaired) electrons. The first-order valence-corrected chi connectivity index (χ1v) is 5.89. The number of carbonyl (C=O) groups excluding carboxylic acids is 1. The number of aromatic nitrogens is 2. The van der Waals surface area contributed by atoms with Gasteiger partial charge in [-0.25, -0.2) is 0 Å². The molecule has 0 saturated carbocycles. The molecule has 2 heterocycles. The first-order valence-electron chi connectivity index (χ1n) is 5.89. The van der Waals surface area contributed by atoms with Gasteiger partial charge in [-0.2, -0.15) is 5.10 Å². The van der Waals surface area contributed by atoms with Crippen molar-refractivity contribution < 1.29 is 4.79 Å². The molecule has 1 unspecified atom stereocenters. The van der Waals surface area contributed by atoms with Crippen molar-refractivity contribution in [3.05, 3.63) is 17.5 Å². The summed E-state index contributed by atoms with van der Waals surface area (Å²) in [6.07, 6.45) is 5.67. The van der Waals surface area contributed by atoms with E-state index in [1.54, 1.807) is 4.68 Å². The summed E-state index contributed by atoms with van der Waals surface area (Å²) in [4.78, 5) is 13.1. The van der Waals surface area contributed by atoms with Gasteiger partial charge in [0.2, 0.25) is 0 Å². The number of carbonyl (C=O) groups is 1. The maximum absolute atomic E-state index is 10.7. The smallest absolute Gasteiger partial charge is 0.168 e. The van der Waals surface area contributed by atoms with Gasteiger partial charge in [0.15, 0.2) is 6.29 Å². The number of hydrogen-bond acceptors (Lipinski definition) is 3. The molecule has 0 N–H and O–H groups in total. The van der Waals surface area contributed by atoms with E-state index in [4.69, 9.17) is 0 Å². The van der Waals surface area contributed by atoms with E-state index in [0.717, 1.165) is 18.4 Å². The molecule has 16 heavy (non-hydrogen) atoms. The number of hydrogen-bond donors (Lipinski definition) is 0. The van der Waals surface area contributed by atoms with E-state index in [0.29, 0.717) is 11.7 Å². The standard InChI is InChI=1S/C12H19N3O/c1-14-6-4-3-5-11(14)7-10-8-12(9-16)15(2)13-10/h8-9,11H,3-7H2,1-2H3. The molecule has 1 atom stereocenters. The third-order valence-corrected chi connectivity index (χ3v) is 3.45. The molecule has 1 aromatic rings. The Hall–Kier alpha value is -1.16. The lowest BCUT2D eigenvalue weighted by atomic mass is 9.99. The Morgan fingerprint density at radius 1 is 1.50 bits per heavy atom. The van der Waals surface area contributed by atoms with Gasteiger partial charge in [-0.3, -0.25) is 9.48 Å². The van der Waals surface area contributed by atoms with Gasteiger partial charge in [0, 0.05) is 19.5 Å². The van der Waals surface area contributed by atoms with E-state index in [2.05, 4.69) is 17.0 Å². The molecule has 0 aromatic carbocycles. The highest BCUT2D eigenvalue weighted by molar-refractivity contribution is 5.72. The van der Waals surface area contributed by atoms with Gasteiger partial charge in [0.05, 0.1) is 5.69 Å². The van der Waals surface area contributed by atoms with Crippen LogP contribution in [-0.2, 0) is 13.5 Å². The highest BCUT2D eigenvalue weighted by atomic mass is 16.1. The van der Waals surface area contributed by atoms with Gasteiger partial charge in [-0.05, 0) is 32.5 Å². The quantitative estimate of drug-likeness (QED) is 0.721. The molecular weight excluding hydrogens is 202 g/mol. The van der Waals surface area contributed by atoms with E-state index in [-0.39, 0.29) is 0 Å². The van der Waals surface area contributed by atoms with Crippen LogP contribution in [0.2, 0.25) is 0 Å². The largest absolute Gasteiger partial charge is 0.303 e. The van der Waals surface area contributed by atoms with E-state index >= 15 is 0 Å². The van der Waals surface area contributed by atoms with Crippen LogP contribution in [-0.4, -0.2) is 40.6 Å². The first-order chi connectivity index (χ1) is 7.70. The lowest BCUT2D eigenvalue weighted by Crippen LogP contribution is -2.37. The van der Waals surface area contributed by atoms with Crippen molar-refractivity contribution in [3.8, 4) is 0 Å². The second-order valence-electron chi connectivity index (χ2n) is 4.64. The molecule has 88 valence electrons. The maximum atomic E-state index is 10.7. The van der Waals surface area contributed by atoms with Crippen LogP contribution in [0.15, 0.2) is 6.07 Å². The fourth-order valence-corrected chi connectivity index (χ4v) is 2.40. The van der Waals surface area contributed by atoms with Crippen molar-refractivity contribution in [2.24, 2.45) is 7.05 Å². The molecule has 4 nitrogen and oxygen atoms in total. The monoisotopic (exact) mass is 221 g/mol. The number of aryl methyl sites for hydroxylation is 1. The van der Waals surface area contributed by atoms with E-state index in [1.807, 2.05) is 13.1 Å². The van der Waals surface area contributed by atoms with Crippen LogP contribution in [0.5, 0.6) is 0 Å². The van der Waals surface area contributed by atoms with Gasteiger partial charge in [-0.15, -0.1) is 0 Å². The minimum Gasteiger partial charge on any atom is -0.303 e. The predicted octanol–water partition coefficient (Wildman–Crippen LogP) is 1.26. The van der Waals surface area contributed by atoms with E-state index < -0.39 is 0 Å². The lowest BCUT2D eigenvalue weighted by Gasteiger charge is -2.31. The Balaban J connectivity index is 2.04. The van der Waals surface area contributed by atoms with Crippen molar-refractivity contribution >= 4 is 6.29 Å². The summed E-state index contributed by atoms with van der Waals surface area (Å²) in [6.45, 7) is 1.18. The Kier molecular flexibility index (Phi) is 3.39. The molecule has 4 heteroatoms. The number of nitrogens with zero attached hydrogens (tertiary/aromatic N) is 3. The second kappa shape index (κ2) is 4.78. The average Bonchev–Trinajstić information content (AvgIpc) is 2.62. The summed E-state index contributed by atoms with van der Waals surface area (Å²) >= 11 is 0. The zero-order valence-electron chi connectivity index (χ0n) is 10.0. The Bertz CT molecular complexity index is 372. The van der Waals surface area contributed by atoms with Crippen molar-refractivity contribution in [1.82, 2.24) is 14.7 Å². The van der Waals surface area contributed by atoms with Crippen LogP contribution in [0.1, 0.15) is 35.4 Å². The Labute approximate surface area is 96.2 Å². The summed E-state index contributed by atoms with van der Waals surface area (Å²) in [7, 11) is 3.99. The van der Waals surface area contributed by atoms with Gasteiger partial charge in [0.1, 0.15) is 5.69 Å². The normalized spacial score (nSPS) is 22.2. The maximum Gasteiger partial charge on any atom is 0.168 e. The predicted molar refractivity (Wildman–Crippen MR) is 62.6 cm³/mol. The van der Waals surface area contributed by atoms with Crippen LogP contribution in [0.4, 0.5) is 0 Å². The van der Waals surface area contributed by atoms with Crippen LogP contribution >= 0.6 is 0 Å². The number of piperidine rings is 1. The van der Waals surface area contributed by atoms with Crippen LogP contribution in [0.3, 0.4) is 0 Å². The summed E-state index contributed by atoms with van der Waals surface area (Å²) in [5.41, 5.74) is 1.69. The Morgan fingerprint density at radius 3 is 2.94 bits per heavy atom. The van der Waals surface area contributed by atoms with Crippen molar-refractivity contribution in [2.45, 2.75) is 31.7 Å². The SMILES string of the molecule is CN1CCCCC1Cc1cc(C=O)n(C)n1. The first kappa shape index (κ1) is 11.3. The van der Waals surface area contributed by atoms with Crippen LogP contribution in [0, 0.1) is 0 Å². The third-order valence-electron chi connectivity index (χ3n) is 3.45. The molecule has 1 saturated heterocycles. The van der Waals surface area contributed by atoms with Gasteiger partial charge >= 0.3 is 0 Å². The van der Waals surface area contributed by atoms with Crippen molar-refractivity contribution in [2.75, 3.05) is 13.6 Å². The van der Waals surface area contributed by atoms with E-state index in [9.17, 15) is 4.79 Å². The summed E-state index contributed by atoms with van der Waals surface area (Å²) < 4.78 is 1.66. The summed E-state index contributed by atoms with van der Waals surface area (Å²) in [5.74, 6) is 0. The molecule has 2 rings (SSSR count). The minimum absolute atomic E-state index is 0.586. The summed E-state index contributed by atoms with van der Waals surface area (Å²) in [5, 5.41) is 4.37. The lowest BCUT2D eigenvalue weighted by molar-refractivity contribution is 0.111. The molecular formula is C12H19N3O. The fourth-order valence-electron chi connectivity index (χ4n) is 2.40. The number of likely N-dealkylation sites (N-methyl/N-ethyl adjacent to an activating group) is 1.